The molecule has 0 radical (unpaired) electrons. The van der Waals surface area contributed by atoms with E-state index in [0.29, 0.717) is 18.9 Å². The third-order valence-electron chi connectivity index (χ3n) is 3.94. The van der Waals surface area contributed by atoms with Crippen molar-refractivity contribution >= 4 is 41.5 Å². The molecular weight excluding hydrogens is 403 g/mol. The van der Waals surface area contributed by atoms with Crippen molar-refractivity contribution in [3.63, 3.8) is 0 Å². The first kappa shape index (κ1) is 19.7. The summed E-state index contributed by atoms with van der Waals surface area (Å²) in [6.07, 6.45) is 5.34. The normalized spacial score (nSPS) is 14.6. The van der Waals surface area contributed by atoms with Gasteiger partial charge in [-0.1, -0.05) is 25.5 Å². The van der Waals surface area contributed by atoms with Crippen molar-refractivity contribution in [2.75, 3.05) is 11.9 Å². The van der Waals surface area contributed by atoms with Crippen LogP contribution in [0, 0.1) is 5.92 Å². The Morgan fingerprint density at radius 2 is 2.00 bits per heavy atom. The Labute approximate surface area is 155 Å². The van der Waals surface area contributed by atoms with Crippen LogP contribution >= 0.6 is 24.0 Å². The van der Waals surface area contributed by atoms with Gasteiger partial charge in [-0.05, 0) is 42.9 Å². The Hall–Kier alpha value is -1.31. The number of rotatable bonds is 7. The SMILES string of the molecule is CCCC(=O)Nc1ccc(CN=C(N)NCC2CCC2)cc1.I. The number of amides is 1. The van der Waals surface area contributed by atoms with Crippen molar-refractivity contribution < 1.29 is 4.79 Å². The number of guanidine groups is 1. The summed E-state index contributed by atoms with van der Waals surface area (Å²) in [5.41, 5.74) is 7.75. The Morgan fingerprint density at radius 3 is 2.57 bits per heavy atom. The van der Waals surface area contributed by atoms with Gasteiger partial charge in [0.05, 0.1) is 6.54 Å². The standard InChI is InChI=1S/C17H26N4O.HI/c1-2-4-16(22)21-15-9-7-14(8-10-15)12-20-17(18)19-11-13-5-3-6-13;/h7-10,13H,2-6,11-12H2,1H3,(H,21,22)(H3,18,19,20);1H. The molecule has 5 nitrogen and oxygen atoms in total. The summed E-state index contributed by atoms with van der Waals surface area (Å²) in [7, 11) is 0. The van der Waals surface area contributed by atoms with Gasteiger partial charge in [0.1, 0.15) is 0 Å². The van der Waals surface area contributed by atoms with E-state index in [1.165, 1.54) is 19.3 Å². The molecule has 0 aliphatic heterocycles. The van der Waals surface area contributed by atoms with Gasteiger partial charge in [0.25, 0.3) is 0 Å². The van der Waals surface area contributed by atoms with Crippen molar-refractivity contribution in [1.29, 1.82) is 0 Å². The van der Waals surface area contributed by atoms with E-state index >= 15 is 0 Å². The van der Waals surface area contributed by atoms with Crippen molar-refractivity contribution in [2.45, 2.75) is 45.6 Å². The third kappa shape index (κ3) is 7.20. The fourth-order valence-corrected chi connectivity index (χ4v) is 2.32. The molecule has 0 heterocycles. The predicted octanol–water partition coefficient (Wildman–Crippen LogP) is 3.25. The molecule has 0 saturated heterocycles. The number of hydrogen-bond acceptors (Lipinski definition) is 2. The van der Waals surface area contributed by atoms with E-state index in [9.17, 15) is 4.79 Å². The number of anilines is 1. The van der Waals surface area contributed by atoms with Crippen molar-refractivity contribution in [1.82, 2.24) is 5.32 Å². The van der Waals surface area contributed by atoms with Gasteiger partial charge < -0.3 is 16.4 Å². The summed E-state index contributed by atoms with van der Waals surface area (Å²) in [4.78, 5) is 15.9. The van der Waals surface area contributed by atoms with Gasteiger partial charge in [0.2, 0.25) is 5.91 Å². The average molecular weight is 430 g/mol. The van der Waals surface area contributed by atoms with E-state index in [1.807, 2.05) is 31.2 Å². The second-order valence-corrected chi connectivity index (χ2v) is 5.87. The number of nitrogens with zero attached hydrogens (tertiary/aromatic N) is 1. The van der Waals surface area contributed by atoms with Crippen LogP contribution in [-0.4, -0.2) is 18.4 Å². The number of benzene rings is 1. The molecule has 2 rings (SSSR count). The lowest BCUT2D eigenvalue weighted by atomic mass is 9.85. The Balaban J connectivity index is 0.00000264. The lowest BCUT2D eigenvalue weighted by Gasteiger charge is -2.25. The summed E-state index contributed by atoms with van der Waals surface area (Å²) in [5, 5.41) is 6.05. The number of aliphatic imine (C=N–C) groups is 1. The van der Waals surface area contributed by atoms with Crippen LogP contribution in [-0.2, 0) is 11.3 Å². The summed E-state index contributed by atoms with van der Waals surface area (Å²) in [6.45, 7) is 3.47. The fraction of sp³-hybridized carbons (Fsp3) is 0.529. The van der Waals surface area contributed by atoms with Crippen molar-refractivity contribution in [2.24, 2.45) is 16.6 Å². The van der Waals surface area contributed by atoms with Crippen LogP contribution < -0.4 is 16.4 Å². The van der Waals surface area contributed by atoms with Gasteiger partial charge in [-0.2, -0.15) is 0 Å². The Morgan fingerprint density at radius 1 is 1.30 bits per heavy atom. The van der Waals surface area contributed by atoms with Crippen molar-refractivity contribution in [3.8, 4) is 0 Å². The number of nitrogens with two attached hydrogens (primary N) is 1. The Kier molecular flexibility index (Phi) is 8.98. The summed E-state index contributed by atoms with van der Waals surface area (Å²) < 4.78 is 0. The van der Waals surface area contributed by atoms with Crippen LogP contribution in [0.1, 0.15) is 44.6 Å². The molecule has 4 N–H and O–H groups in total. The highest BCUT2D eigenvalue weighted by Gasteiger charge is 2.16. The van der Waals surface area contributed by atoms with Gasteiger partial charge in [0.15, 0.2) is 5.96 Å². The van der Waals surface area contributed by atoms with Crippen LogP contribution in [0.2, 0.25) is 0 Å². The minimum absolute atomic E-state index is 0. The Bertz CT molecular complexity index is 512. The van der Waals surface area contributed by atoms with Crippen molar-refractivity contribution in [3.05, 3.63) is 29.8 Å². The zero-order valence-corrected chi connectivity index (χ0v) is 16.0. The van der Waals surface area contributed by atoms with Crippen LogP contribution in [0.3, 0.4) is 0 Å². The highest BCUT2D eigenvalue weighted by atomic mass is 127. The van der Waals surface area contributed by atoms with Gasteiger partial charge in [-0.15, -0.1) is 24.0 Å². The first-order valence-electron chi connectivity index (χ1n) is 8.10. The topological polar surface area (TPSA) is 79.5 Å². The maximum Gasteiger partial charge on any atom is 0.224 e. The molecule has 6 heteroatoms. The maximum absolute atomic E-state index is 11.5. The lowest BCUT2D eigenvalue weighted by Crippen LogP contribution is -2.37. The fourth-order valence-electron chi connectivity index (χ4n) is 2.32. The zero-order valence-electron chi connectivity index (χ0n) is 13.7. The quantitative estimate of drug-likeness (QED) is 0.353. The van der Waals surface area contributed by atoms with Gasteiger partial charge in [0, 0.05) is 18.7 Å². The molecule has 23 heavy (non-hydrogen) atoms. The van der Waals surface area contributed by atoms with E-state index in [-0.39, 0.29) is 29.9 Å². The molecule has 0 unspecified atom stereocenters. The van der Waals surface area contributed by atoms with E-state index in [0.717, 1.165) is 30.1 Å². The first-order valence-corrected chi connectivity index (χ1v) is 8.10. The van der Waals surface area contributed by atoms with Crippen LogP contribution in [0.25, 0.3) is 0 Å². The van der Waals surface area contributed by atoms with E-state index in [2.05, 4.69) is 15.6 Å². The van der Waals surface area contributed by atoms with Crippen LogP contribution in [0.15, 0.2) is 29.3 Å². The van der Waals surface area contributed by atoms with Gasteiger partial charge in [-0.3, -0.25) is 4.79 Å². The first-order chi connectivity index (χ1) is 10.7. The number of carbonyl (C=O) groups excluding carboxylic acids is 1. The molecule has 0 aromatic heterocycles. The van der Waals surface area contributed by atoms with E-state index in [1.54, 1.807) is 0 Å². The third-order valence-corrected chi connectivity index (χ3v) is 3.94. The second-order valence-electron chi connectivity index (χ2n) is 5.87. The molecule has 1 aliphatic rings. The number of halogens is 1. The van der Waals surface area contributed by atoms with E-state index in [4.69, 9.17) is 5.73 Å². The molecule has 0 atom stereocenters. The molecule has 1 saturated carbocycles. The number of carbonyl (C=O) groups is 1. The van der Waals surface area contributed by atoms with Crippen LogP contribution in [0.4, 0.5) is 5.69 Å². The minimum atomic E-state index is 0. The monoisotopic (exact) mass is 430 g/mol. The predicted molar refractivity (Wildman–Crippen MR) is 106 cm³/mol. The highest BCUT2D eigenvalue weighted by molar-refractivity contribution is 14.0. The second kappa shape index (κ2) is 10.5. The summed E-state index contributed by atoms with van der Waals surface area (Å²) in [5.74, 6) is 1.32. The smallest absolute Gasteiger partial charge is 0.224 e. The number of nitrogens with one attached hydrogen (secondary N) is 2. The lowest BCUT2D eigenvalue weighted by molar-refractivity contribution is -0.116. The average Bonchev–Trinajstić information content (AvgIpc) is 2.45. The molecule has 0 spiro atoms. The largest absolute Gasteiger partial charge is 0.370 e. The van der Waals surface area contributed by atoms with Gasteiger partial charge in [-0.25, -0.2) is 4.99 Å². The molecule has 1 aliphatic carbocycles. The highest BCUT2D eigenvalue weighted by Crippen LogP contribution is 2.24. The molecule has 128 valence electrons. The minimum Gasteiger partial charge on any atom is -0.370 e. The summed E-state index contributed by atoms with van der Waals surface area (Å²) in [6, 6.07) is 7.72. The summed E-state index contributed by atoms with van der Waals surface area (Å²) >= 11 is 0. The van der Waals surface area contributed by atoms with Gasteiger partial charge >= 0.3 is 0 Å². The molecule has 1 aromatic rings. The van der Waals surface area contributed by atoms with Crippen LogP contribution in [0.5, 0.6) is 0 Å². The molecule has 0 bridgehead atoms. The number of hydrogen-bond donors (Lipinski definition) is 3. The molecule has 1 fully saturated rings. The van der Waals surface area contributed by atoms with E-state index < -0.39 is 0 Å². The zero-order chi connectivity index (χ0) is 15.8. The molecule has 1 aromatic carbocycles. The molecule has 1 amide bonds. The maximum atomic E-state index is 11.5. The molecular formula is C17H27IN4O.